The van der Waals surface area contributed by atoms with E-state index in [1.54, 1.807) is 29.7 Å². The Balaban J connectivity index is 2.02. The number of nitrogens with zero attached hydrogens (tertiary/aromatic N) is 4. The van der Waals surface area contributed by atoms with Crippen molar-refractivity contribution in [1.29, 1.82) is 0 Å². The van der Waals surface area contributed by atoms with Crippen LogP contribution in [0.4, 0.5) is 10.6 Å². The molecule has 0 aromatic carbocycles. The number of aromatic nitrogens is 2. The summed E-state index contributed by atoms with van der Waals surface area (Å²) < 4.78 is 12.1. The molecule has 1 amide bonds. The number of carbonyl (C=O) groups excluding carboxylic acids is 2. The summed E-state index contributed by atoms with van der Waals surface area (Å²) in [7, 11) is 1.77. The van der Waals surface area contributed by atoms with E-state index in [1.165, 1.54) is 0 Å². The van der Waals surface area contributed by atoms with E-state index in [4.69, 9.17) is 9.47 Å². The lowest BCUT2D eigenvalue weighted by atomic mass is 10.2. The van der Waals surface area contributed by atoms with Crippen LogP contribution in [-0.4, -0.2) is 65.1 Å². The Hall–Kier alpha value is -2.25. The average molecular weight is 338 g/mol. The van der Waals surface area contributed by atoms with Crippen molar-refractivity contribution in [2.75, 3.05) is 37.7 Å². The van der Waals surface area contributed by atoms with Crippen LogP contribution in [0.3, 0.4) is 0 Å². The van der Waals surface area contributed by atoms with Gasteiger partial charge in [0.2, 0.25) is 0 Å². The van der Waals surface area contributed by atoms with Gasteiger partial charge in [-0.15, -0.1) is 0 Å². The van der Waals surface area contributed by atoms with Gasteiger partial charge in [0.25, 0.3) is 0 Å². The molecule has 0 aliphatic carbocycles. The van der Waals surface area contributed by atoms with Crippen molar-refractivity contribution in [3.05, 3.63) is 11.8 Å². The SMILES string of the molecule is CCOC(=O)c1cn(C)nc1N1CCN(C(=O)OC(C)(C)C)CC1. The van der Waals surface area contributed by atoms with Gasteiger partial charge in [-0.05, 0) is 27.7 Å². The molecule has 2 rings (SSSR count). The Labute approximate surface area is 142 Å². The summed E-state index contributed by atoms with van der Waals surface area (Å²) >= 11 is 0. The molecule has 0 unspecified atom stereocenters. The third-order valence-electron chi connectivity index (χ3n) is 3.54. The Morgan fingerprint density at radius 3 is 2.38 bits per heavy atom. The fraction of sp³-hybridized carbons (Fsp3) is 0.688. The van der Waals surface area contributed by atoms with Crippen LogP contribution in [0.1, 0.15) is 38.1 Å². The number of hydrogen-bond acceptors (Lipinski definition) is 6. The zero-order valence-corrected chi connectivity index (χ0v) is 15.0. The van der Waals surface area contributed by atoms with E-state index >= 15 is 0 Å². The predicted octanol–water partition coefficient (Wildman–Crippen LogP) is 1.65. The molecule has 0 radical (unpaired) electrons. The van der Waals surface area contributed by atoms with Crippen molar-refractivity contribution in [3.8, 4) is 0 Å². The van der Waals surface area contributed by atoms with Crippen LogP contribution < -0.4 is 4.90 Å². The van der Waals surface area contributed by atoms with Crippen LogP contribution in [0.5, 0.6) is 0 Å². The number of ether oxygens (including phenoxy) is 2. The normalized spacial score (nSPS) is 15.4. The molecule has 8 heteroatoms. The van der Waals surface area contributed by atoms with Crippen molar-refractivity contribution in [2.45, 2.75) is 33.3 Å². The number of aryl methyl sites for hydroxylation is 1. The molecule has 0 N–H and O–H groups in total. The van der Waals surface area contributed by atoms with Crippen molar-refractivity contribution >= 4 is 17.9 Å². The smallest absolute Gasteiger partial charge is 0.410 e. The monoisotopic (exact) mass is 338 g/mol. The van der Waals surface area contributed by atoms with E-state index in [2.05, 4.69) is 5.10 Å². The summed E-state index contributed by atoms with van der Waals surface area (Å²) in [6.45, 7) is 9.85. The second-order valence-corrected chi connectivity index (χ2v) is 6.71. The summed E-state index contributed by atoms with van der Waals surface area (Å²) in [5.41, 5.74) is -0.0585. The maximum Gasteiger partial charge on any atom is 0.410 e. The number of rotatable bonds is 3. The van der Waals surface area contributed by atoms with Crippen LogP contribution >= 0.6 is 0 Å². The van der Waals surface area contributed by atoms with Gasteiger partial charge in [-0.3, -0.25) is 4.68 Å². The van der Waals surface area contributed by atoms with Gasteiger partial charge in [-0.25, -0.2) is 9.59 Å². The predicted molar refractivity (Wildman–Crippen MR) is 89.2 cm³/mol. The Morgan fingerprint density at radius 1 is 1.21 bits per heavy atom. The third-order valence-corrected chi connectivity index (χ3v) is 3.54. The lowest BCUT2D eigenvalue weighted by Crippen LogP contribution is -2.50. The van der Waals surface area contributed by atoms with Crippen LogP contribution in [-0.2, 0) is 16.5 Å². The molecule has 2 heterocycles. The molecule has 0 saturated carbocycles. The van der Waals surface area contributed by atoms with Gasteiger partial charge in [0, 0.05) is 39.4 Å². The van der Waals surface area contributed by atoms with Crippen LogP contribution in [0.25, 0.3) is 0 Å². The van der Waals surface area contributed by atoms with Gasteiger partial charge < -0.3 is 19.3 Å². The summed E-state index contributed by atoms with van der Waals surface area (Å²) in [4.78, 5) is 27.8. The van der Waals surface area contributed by atoms with Crippen molar-refractivity contribution in [1.82, 2.24) is 14.7 Å². The lowest BCUT2D eigenvalue weighted by molar-refractivity contribution is 0.0239. The first-order valence-electron chi connectivity index (χ1n) is 8.15. The molecule has 0 atom stereocenters. The van der Waals surface area contributed by atoms with Gasteiger partial charge in [0.15, 0.2) is 5.82 Å². The largest absolute Gasteiger partial charge is 0.462 e. The van der Waals surface area contributed by atoms with Gasteiger partial charge in [0.1, 0.15) is 11.2 Å². The second-order valence-electron chi connectivity index (χ2n) is 6.71. The molecule has 1 aliphatic rings. The second kappa shape index (κ2) is 7.11. The van der Waals surface area contributed by atoms with Gasteiger partial charge >= 0.3 is 12.1 Å². The van der Waals surface area contributed by atoms with E-state index < -0.39 is 5.60 Å². The molecular formula is C16H26N4O4. The number of hydrogen-bond donors (Lipinski definition) is 0. The standard InChI is InChI=1S/C16H26N4O4/c1-6-23-14(21)12-11-18(5)17-13(12)19-7-9-20(10-8-19)15(22)24-16(2,3)4/h11H,6-10H2,1-5H3. The highest BCUT2D eigenvalue weighted by Crippen LogP contribution is 2.21. The number of carbonyl (C=O) groups is 2. The number of piperazine rings is 1. The van der Waals surface area contributed by atoms with Crippen molar-refractivity contribution < 1.29 is 19.1 Å². The van der Waals surface area contributed by atoms with E-state index in [0.717, 1.165) is 0 Å². The highest BCUT2D eigenvalue weighted by Gasteiger charge is 2.29. The van der Waals surface area contributed by atoms with Crippen molar-refractivity contribution in [3.63, 3.8) is 0 Å². The number of anilines is 1. The number of esters is 1. The molecule has 0 bridgehead atoms. The molecule has 24 heavy (non-hydrogen) atoms. The van der Waals surface area contributed by atoms with E-state index in [1.807, 2.05) is 25.7 Å². The maximum atomic E-state index is 12.1. The van der Waals surface area contributed by atoms with E-state index in [-0.39, 0.29) is 12.1 Å². The lowest BCUT2D eigenvalue weighted by Gasteiger charge is -2.35. The van der Waals surface area contributed by atoms with Crippen LogP contribution in [0.15, 0.2) is 6.20 Å². The molecule has 1 aromatic rings. The average Bonchev–Trinajstić information content (AvgIpc) is 2.88. The van der Waals surface area contributed by atoms with E-state index in [0.29, 0.717) is 44.2 Å². The minimum atomic E-state index is -0.508. The van der Waals surface area contributed by atoms with Crippen LogP contribution in [0, 0.1) is 0 Å². The van der Waals surface area contributed by atoms with Gasteiger partial charge in [-0.1, -0.05) is 0 Å². The molecule has 8 nitrogen and oxygen atoms in total. The molecule has 1 aromatic heterocycles. The minimum Gasteiger partial charge on any atom is -0.462 e. The van der Waals surface area contributed by atoms with E-state index in [9.17, 15) is 9.59 Å². The molecule has 1 fully saturated rings. The molecule has 1 saturated heterocycles. The Morgan fingerprint density at radius 2 is 1.83 bits per heavy atom. The third kappa shape index (κ3) is 4.39. The first-order chi connectivity index (χ1) is 11.2. The highest BCUT2D eigenvalue weighted by molar-refractivity contribution is 5.94. The zero-order valence-electron chi connectivity index (χ0n) is 15.0. The molecule has 1 aliphatic heterocycles. The quantitative estimate of drug-likeness (QED) is 0.780. The fourth-order valence-corrected chi connectivity index (χ4v) is 2.49. The first kappa shape index (κ1) is 18.1. The first-order valence-corrected chi connectivity index (χ1v) is 8.15. The summed E-state index contributed by atoms with van der Waals surface area (Å²) in [5, 5.41) is 4.37. The highest BCUT2D eigenvalue weighted by atomic mass is 16.6. The molecule has 134 valence electrons. The van der Waals surface area contributed by atoms with Gasteiger partial charge in [-0.2, -0.15) is 5.10 Å². The van der Waals surface area contributed by atoms with Gasteiger partial charge in [0.05, 0.1) is 6.61 Å². The maximum absolute atomic E-state index is 12.1. The summed E-state index contributed by atoms with van der Waals surface area (Å²) in [6, 6.07) is 0. The minimum absolute atomic E-state index is 0.311. The zero-order chi connectivity index (χ0) is 17.9. The Kier molecular flexibility index (Phi) is 5.36. The summed E-state index contributed by atoms with van der Waals surface area (Å²) in [5.74, 6) is 0.218. The molecule has 0 spiro atoms. The van der Waals surface area contributed by atoms with Crippen LogP contribution in [0.2, 0.25) is 0 Å². The Bertz CT molecular complexity index is 598. The fourth-order valence-electron chi connectivity index (χ4n) is 2.49. The topological polar surface area (TPSA) is 76.9 Å². The summed E-state index contributed by atoms with van der Waals surface area (Å²) in [6.07, 6.45) is 1.35. The molecular weight excluding hydrogens is 312 g/mol. The number of amides is 1. The van der Waals surface area contributed by atoms with Crippen molar-refractivity contribution in [2.24, 2.45) is 7.05 Å².